The van der Waals surface area contributed by atoms with Gasteiger partial charge in [0.1, 0.15) is 6.23 Å². The summed E-state index contributed by atoms with van der Waals surface area (Å²) in [5.41, 5.74) is 0. The molecule has 0 spiro atoms. The van der Waals surface area contributed by atoms with Crippen molar-refractivity contribution in [2.75, 3.05) is 19.6 Å². The van der Waals surface area contributed by atoms with Gasteiger partial charge < -0.3 is 9.64 Å². The Bertz CT molecular complexity index is 194. The maximum atomic E-state index is 6.12. The third-order valence-corrected chi connectivity index (χ3v) is 3.83. The molecule has 0 aromatic rings. The maximum absolute atomic E-state index is 6.12. The number of likely N-dealkylation sites (tertiary alicyclic amines) is 1. The molecule has 1 atom stereocenters. The number of ether oxygens (including phenoxy) is 1. The van der Waals surface area contributed by atoms with Gasteiger partial charge in [-0.25, -0.2) is 0 Å². The molecule has 0 radical (unpaired) electrons. The highest BCUT2D eigenvalue weighted by Gasteiger charge is 2.24. The van der Waals surface area contributed by atoms with Gasteiger partial charge in [-0.1, -0.05) is 0 Å². The zero-order chi connectivity index (χ0) is 11.4. The van der Waals surface area contributed by atoms with Crippen LogP contribution in [0.25, 0.3) is 0 Å². The van der Waals surface area contributed by atoms with Gasteiger partial charge in [0.25, 0.3) is 0 Å². The highest BCUT2D eigenvalue weighted by atomic mass is 16.5. The Morgan fingerprint density at radius 3 is 2.44 bits per heavy atom. The van der Waals surface area contributed by atoms with E-state index in [1.54, 1.807) is 0 Å². The molecule has 2 rings (SSSR count). The second-order valence-corrected chi connectivity index (χ2v) is 5.40. The van der Waals surface area contributed by atoms with Gasteiger partial charge >= 0.3 is 0 Å². The molecule has 16 heavy (non-hydrogen) atoms. The van der Waals surface area contributed by atoms with Gasteiger partial charge in [0.05, 0.1) is 6.10 Å². The van der Waals surface area contributed by atoms with Crippen LogP contribution >= 0.6 is 0 Å². The first-order valence-electron chi connectivity index (χ1n) is 6.88. The lowest BCUT2D eigenvalue weighted by molar-refractivity contribution is -0.0689. The molecule has 94 valence electrons. The summed E-state index contributed by atoms with van der Waals surface area (Å²) in [5.74, 6) is 0. The molecule has 3 heteroatoms. The normalized spacial score (nSPS) is 29.8. The van der Waals surface area contributed by atoms with Crippen molar-refractivity contribution in [3.63, 3.8) is 0 Å². The minimum absolute atomic E-state index is 0.337. The van der Waals surface area contributed by atoms with Crippen LogP contribution in [0.5, 0.6) is 0 Å². The van der Waals surface area contributed by atoms with Crippen LogP contribution in [0.2, 0.25) is 0 Å². The van der Waals surface area contributed by atoms with E-state index in [2.05, 4.69) is 24.1 Å². The smallest absolute Gasteiger partial charge is 0.108 e. The van der Waals surface area contributed by atoms with E-state index in [4.69, 9.17) is 4.74 Å². The lowest BCUT2D eigenvalue weighted by atomic mass is 10.1. The molecule has 1 unspecified atom stereocenters. The monoisotopic (exact) mass is 226 g/mol. The van der Waals surface area contributed by atoms with Gasteiger partial charge in [0.2, 0.25) is 0 Å². The van der Waals surface area contributed by atoms with Gasteiger partial charge in [0.15, 0.2) is 0 Å². The van der Waals surface area contributed by atoms with Crippen molar-refractivity contribution < 1.29 is 4.74 Å². The summed E-state index contributed by atoms with van der Waals surface area (Å²) in [6.45, 7) is 8.10. The lowest BCUT2D eigenvalue weighted by Gasteiger charge is -2.36. The Morgan fingerprint density at radius 1 is 1.12 bits per heavy atom. The van der Waals surface area contributed by atoms with E-state index in [-0.39, 0.29) is 0 Å². The zero-order valence-electron chi connectivity index (χ0n) is 10.7. The second-order valence-electron chi connectivity index (χ2n) is 5.40. The summed E-state index contributed by atoms with van der Waals surface area (Å²) in [7, 11) is 0. The first-order chi connectivity index (χ1) is 7.75. The van der Waals surface area contributed by atoms with Crippen LogP contribution in [0.4, 0.5) is 0 Å². The van der Waals surface area contributed by atoms with Crippen LogP contribution in [-0.2, 0) is 4.74 Å². The Balaban J connectivity index is 1.68. The summed E-state index contributed by atoms with van der Waals surface area (Å²) >= 11 is 0. The fraction of sp³-hybridized carbons (Fsp3) is 1.00. The molecular weight excluding hydrogens is 200 g/mol. The summed E-state index contributed by atoms with van der Waals surface area (Å²) in [6.07, 6.45) is 7.07. The first kappa shape index (κ1) is 12.3. The van der Waals surface area contributed by atoms with Crippen molar-refractivity contribution >= 4 is 0 Å². The van der Waals surface area contributed by atoms with Crippen LogP contribution in [0, 0.1) is 0 Å². The molecule has 2 aliphatic heterocycles. The van der Waals surface area contributed by atoms with Gasteiger partial charge in [-0.05, 0) is 52.5 Å². The molecule has 3 nitrogen and oxygen atoms in total. The van der Waals surface area contributed by atoms with E-state index < -0.39 is 0 Å². The highest BCUT2D eigenvalue weighted by molar-refractivity contribution is 4.76. The average Bonchev–Trinajstić information content (AvgIpc) is 2.31. The van der Waals surface area contributed by atoms with Crippen LogP contribution in [0.1, 0.15) is 46.0 Å². The minimum Gasteiger partial charge on any atom is -0.360 e. The van der Waals surface area contributed by atoms with Crippen molar-refractivity contribution in [1.29, 1.82) is 0 Å². The second kappa shape index (κ2) is 5.99. The zero-order valence-corrected chi connectivity index (χ0v) is 10.7. The van der Waals surface area contributed by atoms with Crippen molar-refractivity contribution in [2.45, 2.75) is 64.3 Å². The maximum Gasteiger partial charge on any atom is 0.108 e. The molecule has 1 N–H and O–H groups in total. The van der Waals surface area contributed by atoms with E-state index in [0.29, 0.717) is 18.4 Å². The molecule has 2 heterocycles. The average molecular weight is 226 g/mol. The van der Waals surface area contributed by atoms with Gasteiger partial charge in [-0.15, -0.1) is 0 Å². The predicted octanol–water partition coefficient (Wildman–Crippen LogP) is 1.98. The Labute approximate surface area is 99.5 Å². The predicted molar refractivity (Wildman–Crippen MR) is 66.5 cm³/mol. The van der Waals surface area contributed by atoms with Crippen LogP contribution in [0.15, 0.2) is 0 Å². The third-order valence-electron chi connectivity index (χ3n) is 3.83. The molecule has 0 aromatic carbocycles. The summed E-state index contributed by atoms with van der Waals surface area (Å²) in [5, 5.41) is 3.46. The number of hydrogen-bond acceptors (Lipinski definition) is 3. The van der Waals surface area contributed by atoms with Crippen LogP contribution < -0.4 is 5.32 Å². The molecular formula is C13H26N2O. The molecule has 0 aromatic heterocycles. The quantitative estimate of drug-likeness (QED) is 0.796. The fourth-order valence-electron chi connectivity index (χ4n) is 2.70. The Morgan fingerprint density at radius 2 is 1.88 bits per heavy atom. The van der Waals surface area contributed by atoms with Crippen LogP contribution in [0.3, 0.4) is 0 Å². The molecule has 0 aliphatic carbocycles. The molecule has 0 amide bonds. The van der Waals surface area contributed by atoms with Crippen LogP contribution in [-0.4, -0.2) is 42.9 Å². The largest absolute Gasteiger partial charge is 0.360 e. The molecule has 2 fully saturated rings. The third kappa shape index (κ3) is 3.44. The molecule has 0 saturated carbocycles. The SMILES string of the molecule is CC(C)N1CCC(OC2CCCCN2)CC1. The van der Waals surface area contributed by atoms with E-state index in [1.165, 1.54) is 45.2 Å². The van der Waals surface area contributed by atoms with E-state index >= 15 is 0 Å². The first-order valence-corrected chi connectivity index (χ1v) is 6.88. The number of nitrogens with zero attached hydrogens (tertiary/aromatic N) is 1. The van der Waals surface area contributed by atoms with Crippen molar-refractivity contribution in [3.8, 4) is 0 Å². The van der Waals surface area contributed by atoms with E-state index in [0.717, 1.165) is 6.54 Å². The number of piperidine rings is 2. The van der Waals surface area contributed by atoms with Crippen molar-refractivity contribution in [2.24, 2.45) is 0 Å². The number of hydrogen-bond donors (Lipinski definition) is 1. The van der Waals surface area contributed by atoms with Crippen molar-refractivity contribution in [1.82, 2.24) is 10.2 Å². The Kier molecular flexibility index (Phi) is 4.62. The minimum atomic E-state index is 0.337. The fourth-order valence-corrected chi connectivity index (χ4v) is 2.70. The van der Waals surface area contributed by atoms with Crippen molar-refractivity contribution in [3.05, 3.63) is 0 Å². The molecule has 2 saturated heterocycles. The van der Waals surface area contributed by atoms with Gasteiger partial charge in [-0.2, -0.15) is 0 Å². The van der Waals surface area contributed by atoms with Gasteiger partial charge in [-0.3, -0.25) is 5.32 Å². The standard InChI is InChI=1S/C13H26N2O/c1-11(2)15-9-6-12(7-10-15)16-13-5-3-4-8-14-13/h11-14H,3-10H2,1-2H3. The highest BCUT2D eigenvalue weighted by Crippen LogP contribution is 2.19. The number of rotatable bonds is 3. The molecule has 2 aliphatic rings. The lowest BCUT2D eigenvalue weighted by Crippen LogP contribution is -2.45. The summed E-state index contributed by atoms with van der Waals surface area (Å²) in [6, 6.07) is 0.689. The van der Waals surface area contributed by atoms with Gasteiger partial charge in [0, 0.05) is 19.1 Å². The number of nitrogens with one attached hydrogen (secondary N) is 1. The topological polar surface area (TPSA) is 24.5 Å². The molecule has 0 bridgehead atoms. The summed E-state index contributed by atoms with van der Waals surface area (Å²) in [4.78, 5) is 2.55. The summed E-state index contributed by atoms with van der Waals surface area (Å²) < 4.78 is 6.12. The van der Waals surface area contributed by atoms with E-state index in [9.17, 15) is 0 Å². The van der Waals surface area contributed by atoms with E-state index in [1.807, 2.05) is 0 Å². The Hall–Kier alpha value is -0.120.